The smallest absolute Gasteiger partial charge is 0.240 e. The zero-order valence-corrected chi connectivity index (χ0v) is 17.8. The van der Waals surface area contributed by atoms with E-state index in [0.717, 1.165) is 49.1 Å². The maximum Gasteiger partial charge on any atom is 0.240 e. The highest BCUT2D eigenvalue weighted by atomic mass is 32.2. The Morgan fingerprint density at radius 2 is 1.97 bits per heavy atom. The third kappa shape index (κ3) is 4.69. The Kier molecular flexibility index (Phi) is 5.72. The molecule has 0 bridgehead atoms. The molecule has 0 spiro atoms. The first-order valence-electron chi connectivity index (χ1n) is 10.1. The first-order chi connectivity index (χ1) is 13.9. The van der Waals surface area contributed by atoms with Gasteiger partial charge in [0.2, 0.25) is 10.0 Å². The summed E-state index contributed by atoms with van der Waals surface area (Å²) in [5, 5.41) is 0. The van der Waals surface area contributed by atoms with Gasteiger partial charge in [-0.2, -0.15) is 0 Å². The van der Waals surface area contributed by atoms with Crippen molar-refractivity contribution in [3.63, 3.8) is 0 Å². The minimum absolute atomic E-state index is 0.322. The van der Waals surface area contributed by atoms with E-state index in [-0.39, 0.29) is 0 Å². The number of sulfonamides is 1. The highest BCUT2D eigenvalue weighted by molar-refractivity contribution is 7.89. The summed E-state index contributed by atoms with van der Waals surface area (Å²) >= 11 is 0. The SMILES string of the molecule is Cc1ccc(S(=O)(=O)NCC2CCCN(Cc3ccc4c(c3)ncn4C)C2)cc1. The molecular weight excluding hydrogens is 384 g/mol. The minimum Gasteiger partial charge on any atom is -0.334 e. The zero-order chi connectivity index (χ0) is 20.4. The van der Waals surface area contributed by atoms with Crippen LogP contribution in [0.5, 0.6) is 0 Å². The van der Waals surface area contributed by atoms with Gasteiger partial charge in [0.1, 0.15) is 0 Å². The molecule has 1 unspecified atom stereocenters. The van der Waals surface area contributed by atoms with Crippen LogP contribution < -0.4 is 4.72 Å². The highest BCUT2D eigenvalue weighted by Crippen LogP contribution is 2.21. The second-order valence-corrected chi connectivity index (χ2v) is 9.85. The summed E-state index contributed by atoms with van der Waals surface area (Å²) in [6, 6.07) is 13.4. The molecule has 1 N–H and O–H groups in total. The lowest BCUT2D eigenvalue weighted by atomic mass is 9.98. The summed E-state index contributed by atoms with van der Waals surface area (Å²) in [5.74, 6) is 0.322. The van der Waals surface area contributed by atoms with Crippen LogP contribution in [-0.2, 0) is 23.6 Å². The molecule has 2 heterocycles. The molecule has 0 aliphatic carbocycles. The lowest BCUT2D eigenvalue weighted by Crippen LogP contribution is -2.40. The van der Waals surface area contributed by atoms with Crippen LogP contribution in [-0.4, -0.2) is 42.5 Å². The lowest BCUT2D eigenvalue weighted by Gasteiger charge is -2.32. The number of hydrogen-bond acceptors (Lipinski definition) is 4. The summed E-state index contributed by atoms with van der Waals surface area (Å²) in [5.41, 5.74) is 4.45. The van der Waals surface area contributed by atoms with Gasteiger partial charge in [0, 0.05) is 26.7 Å². The highest BCUT2D eigenvalue weighted by Gasteiger charge is 2.22. The van der Waals surface area contributed by atoms with Crippen molar-refractivity contribution in [1.82, 2.24) is 19.2 Å². The molecule has 2 aromatic carbocycles. The first-order valence-corrected chi connectivity index (χ1v) is 11.6. The summed E-state index contributed by atoms with van der Waals surface area (Å²) < 4.78 is 29.9. The van der Waals surface area contributed by atoms with Crippen molar-refractivity contribution in [3.05, 3.63) is 59.9 Å². The number of nitrogens with one attached hydrogen (secondary N) is 1. The normalized spacial score (nSPS) is 18.3. The molecule has 6 nitrogen and oxygen atoms in total. The van der Waals surface area contributed by atoms with Gasteiger partial charge in [-0.1, -0.05) is 23.8 Å². The molecule has 3 aromatic rings. The zero-order valence-electron chi connectivity index (χ0n) is 17.0. The Morgan fingerprint density at radius 1 is 1.17 bits per heavy atom. The van der Waals surface area contributed by atoms with Crippen LogP contribution in [0.3, 0.4) is 0 Å². The van der Waals surface area contributed by atoms with E-state index in [1.807, 2.05) is 37.0 Å². The van der Waals surface area contributed by atoms with E-state index in [2.05, 4.69) is 32.8 Å². The number of benzene rings is 2. The topological polar surface area (TPSA) is 67.2 Å². The van der Waals surface area contributed by atoms with Gasteiger partial charge in [0.15, 0.2) is 0 Å². The third-order valence-corrected chi connectivity index (χ3v) is 7.13. The summed E-state index contributed by atoms with van der Waals surface area (Å²) in [7, 11) is -1.45. The third-order valence-electron chi connectivity index (χ3n) is 5.69. The second kappa shape index (κ2) is 8.26. The lowest BCUT2D eigenvalue weighted by molar-refractivity contribution is 0.169. The Hall–Kier alpha value is -2.22. The predicted octanol–water partition coefficient (Wildman–Crippen LogP) is 3.07. The Bertz CT molecular complexity index is 1090. The molecular formula is C22H28N4O2S. The van der Waals surface area contributed by atoms with Crippen molar-refractivity contribution in [3.8, 4) is 0 Å². The molecule has 1 saturated heterocycles. The van der Waals surface area contributed by atoms with Crippen LogP contribution in [0, 0.1) is 12.8 Å². The number of hydrogen-bond donors (Lipinski definition) is 1. The van der Waals surface area contributed by atoms with Crippen molar-refractivity contribution < 1.29 is 8.42 Å². The average molecular weight is 413 g/mol. The van der Waals surface area contributed by atoms with Crippen molar-refractivity contribution in [2.75, 3.05) is 19.6 Å². The summed E-state index contributed by atoms with van der Waals surface area (Å²) in [4.78, 5) is 7.19. The van der Waals surface area contributed by atoms with Gasteiger partial charge in [0.25, 0.3) is 0 Å². The van der Waals surface area contributed by atoms with Crippen LogP contribution in [0.15, 0.2) is 53.7 Å². The number of piperidine rings is 1. The number of rotatable bonds is 6. The fourth-order valence-electron chi connectivity index (χ4n) is 4.03. The molecule has 29 heavy (non-hydrogen) atoms. The van der Waals surface area contributed by atoms with Crippen molar-refractivity contribution in [1.29, 1.82) is 0 Å². The van der Waals surface area contributed by atoms with E-state index in [4.69, 9.17) is 0 Å². The maximum absolute atomic E-state index is 12.6. The Labute approximate surface area is 172 Å². The van der Waals surface area contributed by atoms with Crippen LogP contribution in [0.25, 0.3) is 11.0 Å². The van der Waals surface area contributed by atoms with E-state index >= 15 is 0 Å². The van der Waals surface area contributed by atoms with Gasteiger partial charge in [-0.3, -0.25) is 4.90 Å². The van der Waals surface area contributed by atoms with Crippen LogP contribution in [0.4, 0.5) is 0 Å². The number of imidazole rings is 1. The van der Waals surface area contributed by atoms with E-state index in [0.29, 0.717) is 17.4 Å². The Morgan fingerprint density at radius 3 is 2.76 bits per heavy atom. The van der Waals surface area contributed by atoms with Gasteiger partial charge < -0.3 is 4.57 Å². The molecule has 1 aliphatic heterocycles. The van der Waals surface area contributed by atoms with Crippen LogP contribution in [0.2, 0.25) is 0 Å². The molecule has 0 amide bonds. The monoisotopic (exact) mass is 412 g/mol. The number of nitrogens with zero attached hydrogens (tertiary/aromatic N) is 3. The number of aryl methyl sites for hydroxylation is 2. The van der Waals surface area contributed by atoms with Gasteiger partial charge >= 0.3 is 0 Å². The molecule has 1 fully saturated rings. The quantitative estimate of drug-likeness (QED) is 0.676. The first kappa shape index (κ1) is 20.1. The maximum atomic E-state index is 12.6. The van der Waals surface area contributed by atoms with Gasteiger partial charge in [-0.05, 0) is 62.1 Å². The van der Waals surface area contributed by atoms with Crippen LogP contribution in [0.1, 0.15) is 24.0 Å². The van der Waals surface area contributed by atoms with Crippen LogP contribution >= 0.6 is 0 Å². The van der Waals surface area contributed by atoms with Crippen molar-refractivity contribution >= 4 is 21.1 Å². The number of likely N-dealkylation sites (tertiary alicyclic amines) is 1. The molecule has 1 atom stereocenters. The average Bonchev–Trinajstić information content (AvgIpc) is 3.07. The molecule has 4 rings (SSSR count). The van der Waals surface area contributed by atoms with Gasteiger partial charge in [-0.15, -0.1) is 0 Å². The molecule has 1 aliphatic rings. The standard InChI is InChI=1S/C22H28N4O2S/c1-17-5-8-20(9-6-17)29(27,28)24-13-19-4-3-11-26(15-19)14-18-7-10-22-21(12-18)23-16-25(22)2/h5-10,12,16,19,24H,3-4,11,13-15H2,1-2H3. The van der Waals surface area contributed by atoms with E-state index in [9.17, 15) is 8.42 Å². The summed E-state index contributed by atoms with van der Waals surface area (Å²) in [6.07, 6.45) is 3.97. The summed E-state index contributed by atoms with van der Waals surface area (Å²) in [6.45, 7) is 5.24. The van der Waals surface area contributed by atoms with Gasteiger partial charge in [-0.25, -0.2) is 18.1 Å². The second-order valence-electron chi connectivity index (χ2n) is 8.09. The fourth-order valence-corrected chi connectivity index (χ4v) is 5.14. The molecule has 7 heteroatoms. The van der Waals surface area contributed by atoms with Crippen molar-refractivity contribution in [2.24, 2.45) is 13.0 Å². The minimum atomic E-state index is -3.45. The van der Waals surface area contributed by atoms with E-state index in [1.54, 1.807) is 12.1 Å². The van der Waals surface area contributed by atoms with E-state index in [1.165, 1.54) is 5.56 Å². The number of fused-ring (bicyclic) bond motifs is 1. The molecule has 1 aromatic heterocycles. The van der Waals surface area contributed by atoms with Gasteiger partial charge in [0.05, 0.1) is 22.3 Å². The Balaban J connectivity index is 1.35. The molecule has 154 valence electrons. The van der Waals surface area contributed by atoms with Crippen molar-refractivity contribution in [2.45, 2.75) is 31.2 Å². The largest absolute Gasteiger partial charge is 0.334 e. The fraction of sp³-hybridized carbons (Fsp3) is 0.409. The van der Waals surface area contributed by atoms with E-state index < -0.39 is 10.0 Å². The molecule has 0 radical (unpaired) electrons. The number of aromatic nitrogens is 2. The predicted molar refractivity (Wildman–Crippen MR) is 115 cm³/mol. The molecule has 0 saturated carbocycles.